The van der Waals surface area contributed by atoms with Gasteiger partial charge in [0.15, 0.2) is 0 Å². The molecule has 1 heterocycles. The average molecular weight is 465 g/mol. The largest absolute Gasteiger partial charge is 0.494 e. The molecule has 0 aromatic heterocycles. The summed E-state index contributed by atoms with van der Waals surface area (Å²) in [4.78, 5) is 27.4. The van der Waals surface area contributed by atoms with E-state index in [9.17, 15) is 9.59 Å². The van der Waals surface area contributed by atoms with Gasteiger partial charge < -0.3 is 10.1 Å². The molecule has 182 valence electrons. The minimum Gasteiger partial charge on any atom is -0.494 e. The van der Waals surface area contributed by atoms with Gasteiger partial charge in [-0.3, -0.25) is 14.5 Å². The number of carbonyl (C=O) groups is 2. The molecule has 7 heteroatoms. The third kappa shape index (κ3) is 8.30. The summed E-state index contributed by atoms with van der Waals surface area (Å²) in [6.07, 6.45) is 7.52. The summed E-state index contributed by atoms with van der Waals surface area (Å²) in [6.45, 7) is 5.04. The number of ether oxygens (including phenoxy) is 1. The first-order valence-corrected chi connectivity index (χ1v) is 12.3. The highest BCUT2D eigenvalue weighted by Crippen LogP contribution is 2.17. The molecule has 0 radical (unpaired) electrons. The zero-order chi connectivity index (χ0) is 24.0. The van der Waals surface area contributed by atoms with E-state index in [2.05, 4.69) is 20.7 Å². The molecule has 1 unspecified atom stereocenters. The molecule has 2 amide bonds. The van der Waals surface area contributed by atoms with Crippen LogP contribution in [0.5, 0.6) is 5.75 Å². The molecular weight excluding hydrogens is 428 g/mol. The van der Waals surface area contributed by atoms with Crippen molar-refractivity contribution in [2.24, 2.45) is 5.10 Å². The van der Waals surface area contributed by atoms with Crippen LogP contribution in [0.15, 0.2) is 59.7 Å². The summed E-state index contributed by atoms with van der Waals surface area (Å²) in [7, 11) is 0. The number of benzene rings is 2. The quantitative estimate of drug-likeness (QED) is 0.283. The van der Waals surface area contributed by atoms with E-state index in [-0.39, 0.29) is 17.9 Å². The lowest BCUT2D eigenvalue weighted by Gasteiger charge is -2.33. The predicted octanol–water partition coefficient (Wildman–Crippen LogP) is 3.99. The van der Waals surface area contributed by atoms with Gasteiger partial charge in [0.05, 0.1) is 18.9 Å². The van der Waals surface area contributed by atoms with Gasteiger partial charge in [-0.25, -0.2) is 5.43 Å². The Morgan fingerprint density at radius 1 is 1.03 bits per heavy atom. The van der Waals surface area contributed by atoms with Crippen molar-refractivity contribution >= 4 is 18.0 Å². The van der Waals surface area contributed by atoms with Crippen molar-refractivity contribution in [1.82, 2.24) is 15.6 Å². The van der Waals surface area contributed by atoms with Crippen LogP contribution in [0.4, 0.5) is 0 Å². The molecule has 0 bridgehead atoms. The second-order valence-electron chi connectivity index (χ2n) is 8.47. The maximum absolute atomic E-state index is 13.0. The lowest BCUT2D eigenvalue weighted by molar-refractivity contribution is -0.127. The number of likely N-dealkylation sites (tertiary alicyclic amines) is 1. The van der Waals surface area contributed by atoms with E-state index in [1.807, 2.05) is 49.4 Å². The summed E-state index contributed by atoms with van der Waals surface area (Å²) < 4.78 is 5.45. The van der Waals surface area contributed by atoms with Crippen molar-refractivity contribution in [2.45, 2.75) is 51.5 Å². The number of carbonyl (C=O) groups excluding carboxylic acids is 2. The van der Waals surface area contributed by atoms with Crippen LogP contribution in [0.25, 0.3) is 0 Å². The number of nitrogens with zero attached hydrogens (tertiary/aromatic N) is 2. The molecule has 2 aromatic carbocycles. The SMILES string of the molecule is CCOc1ccc(/C=N/NC(=O)C(CCCCNC(=O)c2ccccc2)N2CCCCC2)cc1. The first-order chi connectivity index (χ1) is 16.7. The Hall–Kier alpha value is -3.19. The summed E-state index contributed by atoms with van der Waals surface area (Å²) in [5.74, 6) is 0.681. The Kier molecular flexibility index (Phi) is 10.6. The first kappa shape index (κ1) is 25.4. The van der Waals surface area contributed by atoms with Gasteiger partial charge in [-0.15, -0.1) is 0 Å². The number of rotatable bonds is 12. The highest BCUT2D eigenvalue weighted by Gasteiger charge is 2.26. The molecule has 2 N–H and O–H groups in total. The van der Waals surface area contributed by atoms with Crippen molar-refractivity contribution in [2.75, 3.05) is 26.2 Å². The van der Waals surface area contributed by atoms with Crippen LogP contribution in [0.2, 0.25) is 0 Å². The number of piperidine rings is 1. The molecule has 0 aliphatic carbocycles. The minimum atomic E-state index is -0.206. The van der Waals surface area contributed by atoms with E-state index in [0.29, 0.717) is 18.7 Å². The zero-order valence-electron chi connectivity index (χ0n) is 20.0. The highest BCUT2D eigenvalue weighted by molar-refractivity contribution is 5.94. The predicted molar refractivity (Wildman–Crippen MR) is 135 cm³/mol. The Labute approximate surface area is 202 Å². The highest BCUT2D eigenvalue weighted by atomic mass is 16.5. The molecule has 3 rings (SSSR count). The molecule has 1 aliphatic rings. The molecule has 1 fully saturated rings. The van der Waals surface area contributed by atoms with Crippen molar-refractivity contribution in [3.05, 3.63) is 65.7 Å². The number of hydrazone groups is 1. The fourth-order valence-corrected chi connectivity index (χ4v) is 4.13. The maximum Gasteiger partial charge on any atom is 0.257 e. The summed E-state index contributed by atoms with van der Waals surface area (Å²) in [6, 6.07) is 16.6. The molecule has 2 aromatic rings. The van der Waals surface area contributed by atoms with Crippen LogP contribution in [0.3, 0.4) is 0 Å². The number of nitrogens with one attached hydrogen (secondary N) is 2. The summed E-state index contributed by atoms with van der Waals surface area (Å²) in [5, 5.41) is 7.15. The van der Waals surface area contributed by atoms with Gasteiger partial charge in [0.2, 0.25) is 0 Å². The maximum atomic E-state index is 13.0. The number of unbranched alkanes of at least 4 members (excludes halogenated alkanes) is 1. The van der Waals surface area contributed by atoms with E-state index in [1.54, 1.807) is 18.3 Å². The van der Waals surface area contributed by atoms with Gasteiger partial charge in [0, 0.05) is 12.1 Å². The van der Waals surface area contributed by atoms with Crippen LogP contribution in [-0.4, -0.2) is 55.2 Å². The van der Waals surface area contributed by atoms with E-state index < -0.39 is 0 Å². The zero-order valence-corrected chi connectivity index (χ0v) is 20.0. The fraction of sp³-hybridized carbons (Fsp3) is 0.444. The van der Waals surface area contributed by atoms with Crippen molar-refractivity contribution in [1.29, 1.82) is 0 Å². The molecule has 0 saturated carbocycles. The average Bonchev–Trinajstić information content (AvgIpc) is 2.88. The van der Waals surface area contributed by atoms with Crippen molar-refractivity contribution < 1.29 is 14.3 Å². The van der Waals surface area contributed by atoms with E-state index in [4.69, 9.17) is 4.74 Å². The second kappa shape index (κ2) is 14.2. The van der Waals surface area contributed by atoms with Gasteiger partial charge in [0.1, 0.15) is 5.75 Å². The van der Waals surface area contributed by atoms with Gasteiger partial charge in [-0.2, -0.15) is 5.10 Å². The lowest BCUT2D eigenvalue weighted by Crippen LogP contribution is -2.47. The van der Waals surface area contributed by atoms with Crippen molar-refractivity contribution in [3.8, 4) is 5.75 Å². The molecular formula is C27H36N4O3. The number of hydrogen-bond donors (Lipinski definition) is 2. The molecule has 1 atom stereocenters. The standard InChI is InChI=1S/C27H36N4O3/c1-2-34-24-16-14-22(15-17-24)21-29-30-27(33)25(31-19-9-4-10-20-31)13-7-8-18-28-26(32)23-11-5-3-6-12-23/h3,5-6,11-12,14-17,21,25H,2,4,7-10,13,18-20H2,1H3,(H,28,32)(H,30,33)/b29-21+. The minimum absolute atomic E-state index is 0.0606. The monoisotopic (exact) mass is 464 g/mol. The Bertz CT molecular complexity index is 909. The molecule has 0 spiro atoms. The van der Waals surface area contributed by atoms with Crippen LogP contribution in [0, 0.1) is 0 Å². The summed E-state index contributed by atoms with van der Waals surface area (Å²) >= 11 is 0. The third-order valence-corrected chi connectivity index (χ3v) is 5.94. The van der Waals surface area contributed by atoms with Crippen LogP contribution < -0.4 is 15.5 Å². The fourth-order valence-electron chi connectivity index (χ4n) is 4.13. The Morgan fingerprint density at radius 2 is 1.76 bits per heavy atom. The van der Waals surface area contributed by atoms with E-state index in [0.717, 1.165) is 56.5 Å². The van der Waals surface area contributed by atoms with Gasteiger partial charge >= 0.3 is 0 Å². The van der Waals surface area contributed by atoms with Gasteiger partial charge in [0.25, 0.3) is 11.8 Å². The lowest BCUT2D eigenvalue weighted by atomic mass is 10.0. The second-order valence-corrected chi connectivity index (χ2v) is 8.47. The van der Waals surface area contributed by atoms with Crippen LogP contribution in [-0.2, 0) is 4.79 Å². The third-order valence-electron chi connectivity index (χ3n) is 5.94. The Balaban J connectivity index is 1.47. The van der Waals surface area contributed by atoms with Crippen LogP contribution >= 0.6 is 0 Å². The smallest absolute Gasteiger partial charge is 0.257 e. The van der Waals surface area contributed by atoms with Gasteiger partial charge in [-0.1, -0.05) is 24.6 Å². The molecule has 1 aliphatic heterocycles. The number of hydrogen-bond acceptors (Lipinski definition) is 5. The van der Waals surface area contributed by atoms with E-state index in [1.165, 1.54) is 6.42 Å². The Morgan fingerprint density at radius 3 is 2.47 bits per heavy atom. The van der Waals surface area contributed by atoms with Crippen molar-refractivity contribution in [3.63, 3.8) is 0 Å². The van der Waals surface area contributed by atoms with Gasteiger partial charge in [-0.05, 0) is 94.1 Å². The molecule has 1 saturated heterocycles. The number of amides is 2. The summed E-state index contributed by atoms with van der Waals surface area (Å²) in [5.41, 5.74) is 4.30. The molecule has 34 heavy (non-hydrogen) atoms. The van der Waals surface area contributed by atoms with E-state index >= 15 is 0 Å². The van der Waals surface area contributed by atoms with Crippen LogP contribution in [0.1, 0.15) is 61.4 Å². The first-order valence-electron chi connectivity index (χ1n) is 12.3. The molecule has 7 nitrogen and oxygen atoms in total. The topological polar surface area (TPSA) is 83.0 Å². The normalized spacial score (nSPS) is 15.1.